The van der Waals surface area contributed by atoms with Crippen LogP contribution in [0, 0.1) is 5.92 Å². The zero-order valence-electron chi connectivity index (χ0n) is 15.0. The minimum absolute atomic E-state index is 0.129. The molecule has 1 atom stereocenters. The minimum Gasteiger partial charge on any atom is -0.494 e. The third-order valence-electron chi connectivity index (χ3n) is 3.75. The monoisotopic (exact) mass is 395 g/mol. The van der Waals surface area contributed by atoms with Gasteiger partial charge in [0.2, 0.25) is 14.9 Å². The fraction of sp³-hybridized carbons (Fsp3) is 0.333. The number of carbonyl (C=O) groups is 2. The normalized spacial score (nSPS) is 12.4. The van der Waals surface area contributed by atoms with Crippen LogP contribution < -0.4 is 10.1 Å². The van der Waals surface area contributed by atoms with Gasteiger partial charge in [-0.1, -0.05) is 12.1 Å². The number of ether oxygens (including phenoxy) is 1. The maximum atomic E-state index is 12.1. The smallest absolute Gasteiger partial charge is 0.308 e. The second kappa shape index (κ2) is 8.72. The van der Waals surface area contributed by atoms with Crippen LogP contribution in [0.2, 0.25) is 0 Å². The highest BCUT2D eigenvalue weighted by molar-refractivity contribution is 7.90. The number of aliphatic carboxylic acids is 1. The van der Waals surface area contributed by atoms with Crippen molar-refractivity contribution in [3.63, 3.8) is 0 Å². The van der Waals surface area contributed by atoms with Crippen LogP contribution in [-0.2, 0) is 21.1 Å². The van der Waals surface area contributed by atoms with Gasteiger partial charge in [0.15, 0.2) is 5.76 Å². The van der Waals surface area contributed by atoms with E-state index in [1.165, 1.54) is 12.1 Å². The van der Waals surface area contributed by atoms with Crippen LogP contribution >= 0.6 is 0 Å². The van der Waals surface area contributed by atoms with Crippen LogP contribution in [0.4, 0.5) is 0 Å². The van der Waals surface area contributed by atoms with Gasteiger partial charge in [-0.2, -0.15) is 0 Å². The molecule has 8 nitrogen and oxygen atoms in total. The maximum absolute atomic E-state index is 12.1. The number of carboxylic acids is 1. The van der Waals surface area contributed by atoms with Crippen LogP contribution in [0.3, 0.4) is 0 Å². The zero-order valence-corrected chi connectivity index (χ0v) is 15.8. The molecule has 2 rings (SSSR count). The summed E-state index contributed by atoms with van der Waals surface area (Å²) in [7, 11) is -3.56. The second-order valence-corrected chi connectivity index (χ2v) is 7.86. The molecule has 1 aromatic carbocycles. The van der Waals surface area contributed by atoms with E-state index >= 15 is 0 Å². The highest BCUT2D eigenvalue weighted by Crippen LogP contribution is 2.16. The van der Waals surface area contributed by atoms with Gasteiger partial charge in [0.05, 0.1) is 12.5 Å². The molecule has 2 N–H and O–H groups in total. The van der Waals surface area contributed by atoms with E-state index in [1.807, 2.05) is 6.92 Å². The van der Waals surface area contributed by atoms with E-state index in [1.54, 1.807) is 24.3 Å². The van der Waals surface area contributed by atoms with E-state index in [2.05, 4.69) is 5.32 Å². The van der Waals surface area contributed by atoms with Crippen LogP contribution in [0.5, 0.6) is 5.75 Å². The Morgan fingerprint density at radius 1 is 1.19 bits per heavy atom. The quantitative estimate of drug-likeness (QED) is 0.663. The van der Waals surface area contributed by atoms with Gasteiger partial charge < -0.3 is 19.6 Å². The molecule has 27 heavy (non-hydrogen) atoms. The summed E-state index contributed by atoms with van der Waals surface area (Å²) in [5.41, 5.74) is 0.789. The van der Waals surface area contributed by atoms with Gasteiger partial charge in [0.25, 0.3) is 5.91 Å². The molecule has 0 spiro atoms. The third kappa shape index (κ3) is 5.85. The van der Waals surface area contributed by atoms with Crippen LogP contribution in [-0.4, -0.2) is 44.8 Å². The number of hydrogen-bond acceptors (Lipinski definition) is 6. The molecule has 0 fully saturated rings. The number of sulfone groups is 1. The van der Waals surface area contributed by atoms with Gasteiger partial charge in [0.1, 0.15) is 5.75 Å². The van der Waals surface area contributed by atoms with Gasteiger partial charge in [-0.25, -0.2) is 8.42 Å². The number of hydrogen-bond donors (Lipinski definition) is 2. The molecule has 1 unspecified atom stereocenters. The lowest BCUT2D eigenvalue weighted by Crippen LogP contribution is -2.34. The molecule has 0 bridgehead atoms. The number of amides is 1. The van der Waals surface area contributed by atoms with Crippen LogP contribution in [0.1, 0.15) is 23.0 Å². The van der Waals surface area contributed by atoms with E-state index in [4.69, 9.17) is 9.15 Å². The van der Waals surface area contributed by atoms with Crippen LogP contribution in [0.15, 0.2) is 45.9 Å². The maximum Gasteiger partial charge on any atom is 0.308 e. The minimum atomic E-state index is -3.56. The molecule has 2 aromatic rings. The number of carbonyl (C=O) groups excluding carboxylic acids is 1. The number of benzene rings is 1. The lowest BCUT2D eigenvalue weighted by molar-refractivity contribution is -0.141. The van der Waals surface area contributed by atoms with E-state index in [0.717, 1.165) is 11.8 Å². The molecule has 1 heterocycles. The van der Waals surface area contributed by atoms with Crippen molar-refractivity contribution in [3.8, 4) is 5.75 Å². The summed E-state index contributed by atoms with van der Waals surface area (Å²) >= 11 is 0. The topological polar surface area (TPSA) is 123 Å². The molecule has 9 heteroatoms. The first-order chi connectivity index (χ1) is 12.7. The number of nitrogens with one attached hydrogen (secondary N) is 1. The Bertz CT molecular complexity index is 900. The summed E-state index contributed by atoms with van der Waals surface area (Å²) in [5.74, 6) is -2.08. The lowest BCUT2D eigenvalue weighted by atomic mass is 9.99. The van der Waals surface area contributed by atoms with Gasteiger partial charge in [-0.15, -0.1) is 0 Å². The SMILES string of the molecule is CCOc1ccc(CC(CNC(=O)c2ccc(S(C)(=O)=O)o2)C(=O)O)cc1. The largest absolute Gasteiger partial charge is 0.494 e. The van der Waals surface area contributed by atoms with Crippen molar-refractivity contribution in [2.75, 3.05) is 19.4 Å². The van der Waals surface area contributed by atoms with Crippen molar-refractivity contribution in [2.24, 2.45) is 5.92 Å². The number of carboxylic acid groups (broad SMARTS) is 1. The molecule has 0 radical (unpaired) electrons. The Hall–Kier alpha value is -2.81. The molecule has 1 amide bonds. The molecule has 146 valence electrons. The first-order valence-corrected chi connectivity index (χ1v) is 10.1. The summed E-state index contributed by atoms with van der Waals surface area (Å²) < 4.78 is 33.1. The van der Waals surface area contributed by atoms with Crippen molar-refractivity contribution in [1.82, 2.24) is 5.32 Å². The highest BCUT2D eigenvalue weighted by Gasteiger charge is 2.21. The lowest BCUT2D eigenvalue weighted by Gasteiger charge is -2.13. The molecule has 0 saturated carbocycles. The summed E-state index contributed by atoms with van der Waals surface area (Å²) in [4.78, 5) is 23.6. The first-order valence-electron chi connectivity index (χ1n) is 8.23. The highest BCUT2D eigenvalue weighted by atomic mass is 32.2. The molecule has 0 aliphatic rings. The number of furan rings is 1. The zero-order chi connectivity index (χ0) is 20.0. The third-order valence-corrected chi connectivity index (χ3v) is 4.70. The molecule has 0 saturated heterocycles. The van der Waals surface area contributed by atoms with Crippen molar-refractivity contribution in [2.45, 2.75) is 18.4 Å². The fourth-order valence-corrected chi connectivity index (χ4v) is 2.92. The van der Waals surface area contributed by atoms with E-state index in [9.17, 15) is 23.1 Å². The molecule has 0 aliphatic carbocycles. The van der Waals surface area contributed by atoms with E-state index < -0.39 is 27.6 Å². The fourth-order valence-electron chi connectivity index (χ4n) is 2.36. The van der Waals surface area contributed by atoms with E-state index in [0.29, 0.717) is 12.4 Å². The molecular weight excluding hydrogens is 374 g/mol. The van der Waals surface area contributed by atoms with Gasteiger partial charge in [0, 0.05) is 12.8 Å². The Morgan fingerprint density at radius 2 is 1.85 bits per heavy atom. The predicted octanol–water partition coefficient (Wildman–Crippen LogP) is 1.76. The van der Waals surface area contributed by atoms with Gasteiger partial charge in [-0.3, -0.25) is 9.59 Å². The Balaban J connectivity index is 1.98. The van der Waals surface area contributed by atoms with Gasteiger partial charge in [-0.05, 0) is 43.2 Å². The molecule has 1 aromatic heterocycles. The van der Waals surface area contributed by atoms with Crippen molar-refractivity contribution < 1.29 is 32.3 Å². The average Bonchev–Trinajstić information content (AvgIpc) is 3.10. The number of rotatable bonds is 9. The van der Waals surface area contributed by atoms with Crippen LogP contribution in [0.25, 0.3) is 0 Å². The summed E-state index contributed by atoms with van der Waals surface area (Å²) in [6.45, 7) is 2.28. The van der Waals surface area contributed by atoms with Crippen molar-refractivity contribution in [1.29, 1.82) is 0 Å². The molecular formula is C18H21NO7S. The standard InChI is InChI=1S/C18H21NO7S/c1-3-25-14-6-4-12(5-7-14)10-13(18(21)22)11-19-17(20)15-8-9-16(26-15)27(2,23)24/h4-9,13H,3,10-11H2,1-2H3,(H,19,20)(H,21,22). The second-order valence-electron chi connectivity index (χ2n) is 5.92. The molecule has 0 aliphatic heterocycles. The van der Waals surface area contributed by atoms with Crippen molar-refractivity contribution in [3.05, 3.63) is 47.7 Å². The van der Waals surface area contributed by atoms with Gasteiger partial charge >= 0.3 is 5.97 Å². The predicted molar refractivity (Wildman–Crippen MR) is 96.6 cm³/mol. The summed E-state index contributed by atoms with van der Waals surface area (Å²) in [5, 5.41) is 11.5. The Labute approximate surface area is 157 Å². The Morgan fingerprint density at radius 3 is 2.37 bits per heavy atom. The summed E-state index contributed by atoms with van der Waals surface area (Å²) in [6.07, 6.45) is 1.18. The van der Waals surface area contributed by atoms with E-state index in [-0.39, 0.29) is 23.8 Å². The summed E-state index contributed by atoms with van der Waals surface area (Å²) in [6, 6.07) is 9.46. The van der Waals surface area contributed by atoms with Crippen molar-refractivity contribution >= 4 is 21.7 Å². The Kier molecular flexibility index (Phi) is 6.62. The average molecular weight is 395 g/mol. The first kappa shape index (κ1) is 20.5.